The highest BCUT2D eigenvalue weighted by atomic mass is 79.9. The predicted molar refractivity (Wildman–Crippen MR) is 122 cm³/mol. The van der Waals surface area contributed by atoms with Crippen LogP contribution in [0.1, 0.15) is 39.2 Å². The highest BCUT2D eigenvalue weighted by Gasteiger charge is 2.14. The van der Waals surface area contributed by atoms with Gasteiger partial charge in [0.25, 0.3) is 0 Å². The van der Waals surface area contributed by atoms with Crippen molar-refractivity contribution >= 4 is 51.8 Å². The number of halogens is 3. The first-order valence-corrected chi connectivity index (χ1v) is 10.5. The molecule has 1 rings (SSSR count). The number of rotatable bonds is 13. The van der Waals surface area contributed by atoms with Crippen LogP contribution in [0.4, 0.5) is 5.69 Å². The summed E-state index contributed by atoms with van der Waals surface area (Å²) in [4.78, 5) is 16.3. The van der Waals surface area contributed by atoms with Gasteiger partial charge in [0.1, 0.15) is 0 Å². The molecule has 0 fully saturated rings. The zero-order valence-corrected chi connectivity index (χ0v) is 19.9. The normalized spacial score (nSPS) is 11.8. The minimum absolute atomic E-state index is 0. The van der Waals surface area contributed by atoms with Crippen LogP contribution in [0, 0.1) is 0 Å². The first-order chi connectivity index (χ1) is 12.5. The van der Waals surface area contributed by atoms with Gasteiger partial charge in [0, 0.05) is 37.0 Å². The molecule has 1 aromatic carbocycles. The number of nitrogens with zero attached hydrogens (tertiary/aromatic N) is 2. The van der Waals surface area contributed by atoms with Crippen LogP contribution in [0.15, 0.2) is 24.3 Å². The summed E-state index contributed by atoms with van der Waals surface area (Å²) in [6.45, 7) is 9.38. The van der Waals surface area contributed by atoms with E-state index in [4.69, 9.17) is 27.9 Å². The SMILES string of the molecule is Br.CCN(CC)C(C)OC(=O)CCCc1ccc(N(CCCl)CCCl)cc1. The molecule has 1 unspecified atom stereocenters. The van der Waals surface area contributed by atoms with Crippen LogP contribution in [-0.4, -0.2) is 55.0 Å². The molecule has 0 aliphatic rings. The summed E-state index contributed by atoms with van der Waals surface area (Å²) in [7, 11) is 0. The number of hydrogen-bond donors (Lipinski definition) is 0. The van der Waals surface area contributed by atoms with Gasteiger partial charge in [0.05, 0.1) is 0 Å². The van der Waals surface area contributed by atoms with Gasteiger partial charge in [-0.25, -0.2) is 0 Å². The monoisotopic (exact) mass is 482 g/mol. The standard InChI is InChI=1S/C20H32Cl2N2O2.BrH/c1-4-23(5-2)17(3)26-20(25)8-6-7-18-9-11-19(12-10-18)24(15-13-21)16-14-22;/h9-12,17H,4-8,13-16H2,1-3H3;1H. The molecule has 7 heteroatoms. The van der Waals surface area contributed by atoms with E-state index in [1.165, 1.54) is 5.56 Å². The second kappa shape index (κ2) is 15.4. The Balaban J connectivity index is 0.00000676. The van der Waals surface area contributed by atoms with Crippen LogP contribution in [0.2, 0.25) is 0 Å². The number of aryl methyl sites for hydroxylation is 1. The summed E-state index contributed by atoms with van der Waals surface area (Å²) in [6, 6.07) is 8.40. The van der Waals surface area contributed by atoms with Crippen molar-refractivity contribution in [3.63, 3.8) is 0 Å². The second-order valence-electron chi connectivity index (χ2n) is 6.20. The maximum Gasteiger partial charge on any atom is 0.307 e. The number of ether oxygens (including phenoxy) is 1. The fourth-order valence-electron chi connectivity index (χ4n) is 2.95. The van der Waals surface area contributed by atoms with E-state index in [0.29, 0.717) is 18.2 Å². The largest absolute Gasteiger partial charge is 0.447 e. The molecule has 0 N–H and O–H groups in total. The zero-order valence-electron chi connectivity index (χ0n) is 16.6. The lowest BCUT2D eigenvalue weighted by Gasteiger charge is -2.25. The summed E-state index contributed by atoms with van der Waals surface area (Å²) >= 11 is 11.7. The van der Waals surface area contributed by atoms with Crippen molar-refractivity contribution in [2.45, 2.75) is 46.3 Å². The van der Waals surface area contributed by atoms with Gasteiger partial charge < -0.3 is 9.64 Å². The second-order valence-corrected chi connectivity index (χ2v) is 6.95. The number of carbonyl (C=O) groups excluding carboxylic acids is 1. The average molecular weight is 484 g/mol. The molecule has 156 valence electrons. The van der Waals surface area contributed by atoms with E-state index < -0.39 is 0 Å². The van der Waals surface area contributed by atoms with E-state index in [0.717, 1.165) is 44.7 Å². The smallest absolute Gasteiger partial charge is 0.307 e. The van der Waals surface area contributed by atoms with Gasteiger partial charge >= 0.3 is 5.97 Å². The Bertz CT molecular complexity index is 507. The van der Waals surface area contributed by atoms with Crippen molar-refractivity contribution in [1.82, 2.24) is 4.90 Å². The van der Waals surface area contributed by atoms with Gasteiger partial charge in [-0.15, -0.1) is 40.2 Å². The van der Waals surface area contributed by atoms with Crippen molar-refractivity contribution in [1.29, 1.82) is 0 Å². The lowest BCUT2D eigenvalue weighted by atomic mass is 10.1. The first kappa shape index (κ1) is 26.5. The quantitative estimate of drug-likeness (QED) is 0.222. The fourth-order valence-corrected chi connectivity index (χ4v) is 3.35. The first-order valence-electron chi connectivity index (χ1n) is 9.45. The number of hydrogen-bond acceptors (Lipinski definition) is 4. The Morgan fingerprint density at radius 3 is 2.11 bits per heavy atom. The average Bonchev–Trinajstić information content (AvgIpc) is 2.63. The Morgan fingerprint density at radius 2 is 1.63 bits per heavy atom. The molecule has 0 saturated heterocycles. The van der Waals surface area contributed by atoms with Gasteiger partial charge in [0.2, 0.25) is 0 Å². The Morgan fingerprint density at radius 1 is 1.07 bits per heavy atom. The van der Waals surface area contributed by atoms with Crippen molar-refractivity contribution < 1.29 is 9.53 Å². The van der Waals surface area contributed by atoms with Crippen LogP contribution in [0.25, 0.3) is 0 Å². The van der Waals surface area contributed by atoms with Gasteiger partial charge in [-0.2, -0.15) is 0 Å². The molecule has 0 amide bonds. The Kier molecular flexibility index (Phi) is 15.2. The molecule has 0 aromatic heterocycles. The van der Waals surface area contributed by atoms with E-state index >= 15 is 0 Å². The number of alkyl halides is 2. The highest BCUT2D eigenvalue weighted by molar-refractivity contribution is 8.93. The summed E-state index contributed by atoms with van der Waals surface area (Å²) in [6.07, 6.45) is 1.93. The van der Waals surface area contributed by atoms with Crippen molar-refractivity contribution in [3.8, 4) is 0 Å². The lowest BCUT2D eigenvalue weighted by molar-refractivity contribution is -0.157. The van der Waals surface area contributed by atoms with Crippen LogP contribution < -0.4 is 4.90 Å². The van der Waals surface area contributed by atoms with E-state index in [1.807, 2.05) is 6.92 Å². The van der Waals surface area contributed by atoms with Crippen LogP contribution >= 0.6 is 40.2 Å². The maximum atomic E-state index is 12.0. The summed E-state index contributed by atoms with van der Waals surface area (Å²) in [5.74, 6) is 1.02. The number of carbonyl (C=O) groups is 1. The van der Waals surface area contributed by atoms with E-state index in [-0.39, 0.29) is 29.2 Å². The fraction of sp³-hybridized carbons (Fsp3) is 0.650. The van der Waals surface area contributed by atoms with Gasteiger partial charge in [-0.05, 0) is 50.6 Å². The molecule has 0 aliphatic carbocycles. The lowest BCUT2D eigenvalue weighted by Crippen LogP contribution is -2.36. The minimum Gasteiger partial charge on any atom is -0.447 e. The van der Waals surface area contributed by atoms with Crippen LogP contribution in [0.3, 0.4) is 0 Å². The van der Waals surface area contributed by atoms with Crippen LogP contribution in [0.5, 0.6) is 0 Å². The number of anilines is 1. The molecule has 0 aliphatic heterocycles. The molecule has 1 aromatic rings. The molecule has 27 heavy (non-hydrogen) atoms. The summed E-state index contributed by atoms with van der Waals surface area (Å²) in [5.41, 5.74) is 2.34. The summed E-state index contributed by atoms with van der Waals surface area (Å²) < 4.78 is 5.49. The van der Waals surface area contributed by atoms with Crippen molar-refractivity contribution in [2.24, 2.45) is 0 Å². The van der Waals surface area contributed by atoms with Gasteiger partial charge in [-0.1, -0.05) is 26.0 Å². The van der Waals surface area contributed by atoms with E-state index in [2.05, 4.69) is 47.9 Å². The molecule has 4 nitrogen and oxygen atoms in total. The Hall–Kier alpha value is -0.490. The highest BCUT2D eigenvalue weighted by Crippen LogP contribution is 2.17. The third kappa shape index (κ3) is 10.0. The third-order valence-electron chi connectivity index (χ3n) is 4.49. The predicted octanol–water partition coefficient (Wildman–Crippen LogP) is 5.10. The molecular formula is C20H33BrCl2N2O2. The molecule has 0 bridgehead atoms. The topological polar surface area (TPSA) is 32.8 Å². The molecule has 0 radical (unpaired) electrons. The zero-order chi connectivity index (χ0) is 19.4. The van der Waals surface area contributed by atoms with E-state index in [9.17, 15) is 4.79 Å². The van der Waals surface area contributed by atoms with Gasteiger partial charge in [-0.3, -0.25) is 9.69 Å². The number of esters is 1. The molecule has 1 atom stereocenters. The van der Waals surface area contributed by atoms with Crippen molar-refractivity contribution in [2.75, 3.05) is 42.8 Å². The molecule has 0 spiro atoms. The Labute approximate surface area is 184 Å². The molecule has 0 heterocycles. The third-order valence-corrected chi connectivity index (χ3v) is 4.82. The molecular weight excluding hydrogens is 451 g/mol. The van der Waals surface area contributed by atoms with E-state index in [1.54, 1.807) is 0 Å². The van der Waals surface area contributed by atoms with Crippen LogP contribution in [-0.2, 0) is 16.0 Å². The molecule has 0 saturated carbocycles. The summed E-state index contributed by atoms with van der Waals surface area (Å²) in [5, 5.41) is 0. The van der Waals surface area contributed by atoms with Crippen molar-refractivity contribution in [3.05, 3.63) is 29.8 Å². The minimum atomic E-state index is -0.161. The maximum absolute atomic E-state index is 12.0. The van der Waals surface area contributed by atoms with Gasteiger partial charge in [0.15, 0.2) is 6.23 Å². The number of benzene rings is 1.